The van der Waals surface area contributed by atoms with Gasteiger partial charge in [0.25, 0.3) is 5.91 Å². The van der Waals surface area contributed by atoms with Crippen LogP contribution in [0, 0.1) is 0 Å². The maximum absolute atomic E-state index is 13.4. The molecule has 0 fully saturated rings. The number of aliphatic carboxylic acids is 1. The topological polar surface area (TPSA) is 95.9 Å². The number of nitrogens with zero attached hydrogens (tertiary/aromatic N) is 1. The van der Waals surface area contributed by atoms with Crippen LogP contribution in [0.15, 0.2) is 84.9 Å². The van der Waals surface area contributed by atoms with Gasteiger partial charge in [0, 0.05) is 31.8 Å². The van der Waals surface area contributed by atoms with E-state index in [4.69, 9.17) is 9.84 Å². The number of nitrogens with one attached hydrogen (secondary N) is 1. The molecule has 4 aromatic carbocycles. The molecule has 4 rings (SSSR count). The highest BCUT2D eigenvalue weighted by Gasteiger charge is 2.15. The lowest BCUT2D eigenvalue weighted by molar-refractivity contribution is -0.136. The number of hydrogen-bond donors (Lipinski definition) is 2. The van der Waals surface area contributed by atoms with Crippen LogP contribution in [0.4, 0.5) is 10.5 Å². The molecule has 2 N–H and O–H groups in total. The highest BCUT2D eigenvalue weighted by Crippen LogP contribution is 2.30. The van der Waals surface area contributed by atoms with Gasteiger partial charge in [-0.2, -0.15) is 0 Å². The predicted octanol–water partition coefficient (Wildman–Crippen LogP) is 5.84. The average molecular weight is 483 g/mol. The molecule has 0 spiro atoms. The number of benzene rings is 4. The summed E-state index contributed by atoms with van der Waals surface area (Å²) in [5.41, 5.74) is 3.52. The second kappa shape index (κ2) is 10.7. The molecule has 7 nitrogen and oxygen atoms in total. The van der Waals surface area contributed by atoms with E-state index < -0.39 is 12.1 Å². The van der Waals surface area contributed by atoms with Crippen molar-refractivity contribution in [2.45, 2.75) is 12.8 Å². The molecule has 0 saturated heterocycles. The zero-order valence-electron chi connectivity index (χ0n) is 20.0. The lowest BCUT2D eigenvalue weighted by atomic mass is 9.96. The first-order chi connectivity index (χ1) is 17.3. The summed E-state index contributed by atoms with van der Waals surface area (Å²) in [7, 11) is 3.23. The van der Waals surface area contributed by atoms with Crippen molar-refractivity contribution in [2.75, 3.05) is 19.4 Å². The number of carboxylic acids is 1. The fraction of sp³-hybridized carbons (Fsp3) is 0.138. The Kier molecular flexibility index (Phi) is 7.30. The van der Waals surface area contributed by atoms with Gasteiger partial charge in [-0.15, -0.1) is 0 Å². The molecule has 0 aromatic heterocycles. The molecule has 2 amide bonds. The van der Waals surface area contributed by atoms with Crippen molar-refractivity contribution in [2.24, 2.45) is 0 Å². The van der Waals surface area contributed by atoms with Crippen LogP contribution in [0.5, 0.6) is 5.75 Å². The van der Waals surface area contributed by atoms with Gasteiger partial charge in [0.1, 0.15) is 5.75 Å². The highest BCUT2D eigenvalue weighted by atomic mass is 16.6. The minimum absolute atomic E-state index is 0.0208. The molecule has 36 heavy (non-hydrogen) atoms. The van der Waals surface area contributed by atoms with Crippen LogP contribution in [-0.2, 0) is 11.2 Å². The molecule has 182 valence electrons. The third-order valence-corrected chi connectivity index (χ3v) is 5.66. The zero-order chi connectivity index (χ0) is 25.7. The van der Waals surface area contributed by atoms with E-state index in [1.807, 2.05) is 48.5 Å². The van der Waals surface area contributed by atoms with Gasteiger partial charge < -0.3 is 20.1 Å². The van der Waals surface area contributed by atoms with Gasteiger partial charge in [-0.1, -0.05) is 48.5 Å². The summed E-state index contributed by atoms with van der Waals surface area (Å²) in [4.78, 5) is 37.6. The Morgan fingerprint density at radius 3 is 2.42 bits per heavy atom. The predicted molar refractivity (Wildman–Crippen MR) is 139 cm³/mol. The second-order valence-electron chi connectivity index (χ2n) is 8.58. The Balaban J connectivity index is 1.67. The third-order valence-electron chi connectivity index (χ3n) is 5.66. The lowest BCUT2D eigenvalue weighted by Gasteiger charge is -2.14. The quantitative estimate of drug-likeness (QED) is 0.345. The molecule has 0 aliphatic carbocycles. The summed E-state index contributed by atoms with van der Waals surface area (Å²) >= 11 is 0. The van der Waals surface area contributed by atoms with Crippen molar-refractivity contribution in [3.8, 4) is 16.9 Å². The number of carbonyl (C=O) groups is 3. The third kappa shape index (κ3) is 5.88. The van der Waals surface area contributed by atoms with E-state index in [2.05, 4.69) is 5.32 Å². The van der Waals surface area contributed by atoms with Gasteiger partial charge in [0.05, 0.1) is 0 Å². The van der Waals surface area contributed by atoms with E-state index in [-0.39, 0.29) is 12.3 Å². The Morgan fingerprint density at radius 1 is 0.861 bits per heavy atom. The molecule has 0 aliphatic rings. The summed E-state index contributed by atoms with van der Waals surface area (Å²) in [6.45, 7) is 0. The second-order valence-corrected chi connectivity index (χ2v) is 8.58. The van der Waals surface area contributed by atoms with Gasteiger partial charge in [-0.3, -0.25) is 9.59 Å². The molecular formula is C29H26N2O5. The number of hydrogen-bond acceptors (Lipinski definition) is 4. The molecule has 0 aliphatic heterocycles. The summed E-state index contributed by atoms with van der Waals surface area (Å²) in [5.74, 6) is -0.740. The molecule has 4 aromatic rings. The highest BCUT2D eigenvalue weighted by molar-refractivity contribution is 6.14. The van der Waals surface area contributed by atoms with Crippen molar-refractivity contribution in [1.29, 1.82) is 0 Å². The number of carboxylic acid groups (broad SMARTS) is 1. The van der Waals surface area contributed by atoms with Gasteiger partial charge >= 0.3 is 12.1 Å². The fourth-order valence-corrected chi connectivity index (χ4v) is 3.85. The number of anilines is 1. The maximum Gasteiger partial charge on any atom is 0.414 e. The number of fused-ring (bicyclic) bond motifs is 1. The maximum atomic E-state index is 13.4. The number of ether oxygens (including phenoxy) is 1. The monoisotopic (exact) mass is 482 g/mol. The summed E-state index contributed by atoms with van der Waals surface area (Å²) < 4.78 is 5.40. The Bertz CT molecular complexity index is 1440. The van der Waals surface area contributed by atoms with E-state index in [9.17, 15) is 14.4 Å². The minimum atomic E-state index is -0.867. The van der Waals surface area contributed by atoms with Crippen LogP contribution in [-0.4, -0.2) is 42.1 Å². The van der Waals surface area contributed by atoms with Crippen LogP contribution in [0.1, 0.15) is 22.3 Å². The molecule has 0 bridgehead atoms. The molecular weight excluding hydrogens is 456 g/mol. The first kappa shape index (κ1) is 24.5. The van der Waals surface area contributed by atoms with E-state index in [0.717, 1.165) is 27.5 Å². The lowest BCUT2D eigenvalue weighted by Crippen LogP contribution is -2.25. The molecule has 0 radical (unpaired) electrons. The first-order valence-electron chi connectivity index (χ1n) is 11.4. The Labute approximate surface area is 208 Å². The van der Waals surface area contributed by atoms with E-state index in [0.29, 0.717) is 23.4 Å². The average Bonchev–Trinajstić information content (AvgIpc) is 2.87. The van der Waals surface area contributed by atoms with Crippen LogP contribution in [0.25, 0.3) is 21.9 Å². The molecule has 0 unspecified atom stereocenters. The SMILES string of the molecule is CN(C)C(=O)Oc1cccc(-c2cc(C(=O)Nc3cccc(CCC(=O)O)c3)c3ccccc3c2)c1. The summed E-state index contributed by atoms with van der Waals surface area (Å²) in [5, 5.41) is 13.6. The normalized spacial score (nSPS) is 10.6. The van der Waals surface area contributed by atoms with Crippen molar-refractivity contribution in [3.05, 3.63) is 96.1 Å². The first-order valence-corrected chi connectivity index (χ1v) is 11.4. The smallest absolute Gasteiger partial charge is 0.414 e. The van der Waals surface area contributed by atoms with Gasteiger partial charge in [-0.25, -0.2) is 4.79 Å². The van der Waals surface area contributed by atoms with E-state index in [1.165, 1.54) is 4.90 Å². The number of amides is 2. The molecule has 0 saturated carbocycles. The van der Waals surface area contributed by atoms with E-state index in [1.54, 1.807) is 50.5 Å². The fourth-order valence-electron chi connectivity index (χ4n) is 3.85. The molecule has 0 atom stereocenters. The van der Waals surface area contributed by atoms with Gasteiger partial charge in [-0.05, 0) is 70.3 Å². The van der Waals surface area contributed by atoms with E-state index >= 15 is 0 Å². The van der Waals surface area contributed by atoms with Crippen molar-refractivity contribution < 1.29 is 24.2 Å². The molecule has 0 heterocycles. The Morgan fingerprint density at radius 2 is 1.64 bits per heavy atom. The zero-order valence-corrected chi connectivity index (χ0v) is 20.0. The van der Waals surface area contributed by atoms with Crippen molar-refractivity contribution in [3.63, 3.8) is 0 Å². The largest absolute Gasteiger partial charge is 0.481 e. The number of carbonyl (C=O) groups excluding carboxylic acids is 2. The van der Waals surface area contributed by atoms with Gasteiger partial charge in [0.2, 0.25) is 0 Å². The summed E-state index contributed by atoms with van der Waals surface area (Å²) in [6, 6.07) is 25.8. The number of rotatable bonds is 7. The number of aryl methyl sites for hydroxylation is 1. The molecule has 7 heteroatoms. The van der Waals surface area contributed by atoms with Crippen LogP contribution in [0.3, 0.4) is 0 Å². The minimum Gasteiger partial charge on any atom is -0.481 e. The van der Waals surface area contributed by atoms with Crippen molar-refractivity contribution in [1.82, 2.24) is 4.90 Å². The standard InChI is InChI=1S/C29H26N2O5/c1-31(2)29(35)36-24-11-6-9-20(17-24)22-16-21-8-3-4-12-25(21)26(18-22)28(34)30-23-10-5-7-19(15-23)13-14-27(32)33/h3-12,15-18H,13-14H2,1-2H3,(H,30,34)(H,32,33). The van der Waals surface area contributed by atoms with Crippen LogP contribution >= 0.6 is 0 Å². The van der Waals surface area contributed by atoms with Crippen molar-refractivity contribution >= 4 is 34.4 Å². The van der Waals surface area contributed by atoms with Crippen LogP contribution < -0.4 is 10.1 Å². The summed E-state index contributed by atoms with van der Waals surface area (Å²) in [6.07, 6.45) is -0.0737. The van der Waals surface area contributed by atoms with Crippen LogP contribution in [0.2, 0.25) is 0 Å². The van der Waals surface area contributed by atoms with Gasteiger partial charge in [0.15, 0.2) is 0 Å². The Hall–Kier alpha value is -4.65.